The van der Waals surface area contributed by atoms with Crippen molar-refractivity contribution in [1.82, 2.24) is 9.55 Å². The van der Waals surface area contributed by atoms with Crippen LogP contribution in [0.4, 0.5) is 8.78 Å². The Morgan fingerprint density at radius 3 is 2.68 bits per heavy atom. The third-order valence-electron chi connectivity index (χ3n) is 2.87. The minimum Gasteiger partial charge on any atom is -0.291 e. The van der Waals surface area contributed by atoms with E-state index in [1.807, 2.05) is 0 Å². The molecular weight excluding hydrogens is 318 g/mol. The summed E-state index contributed by atoms with van der Waals surface area (Å²) in [5, 5.41) is 0. The molecule has 0 N–H and O–H groups in total. The van der Waals surface area contributed by atoms with Gasteiger partial charge in [0.1, 0.15) is 11.6 Å². The van der Waals surface area contributed by atoms with Gasteiger partial charge in [0.2, 0.25) is 0 Å². The van der Waals surface area contributed by atoms with Gasteiger partial charge in [-0.15, -0.1) is 0 Å². The van der Waals surface area contributed by atoms with Crippen LogP contribution in [-0.4, -0.2) is 9.55 Å². The quantitative estimate of drug-likeness (QED) is 0.849. The monoisotopic (exact) mass is 328 g/mol. The molecule has 1 aromatic carbocycles. The van der Waals surface area contributed by atoms with E-state index in [0.717, 1.165) is 18.2 Å². The van der Waals surface area contributed by atoms with Gasteiger partial charge < -0.3 is 0 Å². The molecule has 0 fully saturated rings. The van der Waals surface area contributed by atoms with Gasteiger partial charge in [-0.2, -0.15) is 4.98 Å². The van der Waals surface area contributed by atoms with Gasteiger partial charge in [-0.25, -0.2) is 13.6 Å². The molecule has 2 rings (SSSR count). The molecule has 19 heavy (non-hydrogen) atoms. The lowest BCUT2D eigenvalue weighted by atomic mass is 10.2. The molecule has 0 bridgehead atoms. The van der Waals surface area contributed by atoms with Crippen molar-refractivity contribution >= 4 is 15.9 Å². The van der Waals surface area contributed by atoms with Crippen molar-refractivity contribution < 1.29 is 8.78 Å². The summed E-state index contributed by atoms with van der Waals surface area (Å²) < 4.78 is 28.7. The Kier molecular flexibility index (Phi) is 3.80. The zero-order valence-corrected chi connectivity index (χ0v) is 12.0. The van der Waals surface area contributed by atoms with Gasteiger partial charge in [0, 0.05) is 11.3 Å². The van der Waals surface area contributed by atoms with Crippen molar-refractivity contribution in [3.63, 3.8) is 0 Å². The molecule has 0 saturated carbocycles. The van der Waals surface area contributed by atoms with E-state index in [-0.39, 0.29) is 12.1 Å². The van der Waals surface area contributed by atoms with E-state index in [1.165, 1.54) is 4.57 Å². The lowest BCUT2D eigenvalue weighted by molar-refractivity contribution is 0.568. The highest BCUT2D eigenvalue weighted by atomic mass is 79.9. The van der Waals surface area contributed by atoms with Gasteiger partial charge in [-0.3, -0.25) is 4.57 Å². The van der Waals surface area contributed by atoms with Crippen molar-refractivity contribution in [2.45, 2.75) is 20.4 Å². The third kappa shape index (κ3) is 2.73. The van der Waals surface area contributed by atoms with Crippen molar-refractivity contribution in [3.05, 3.63) is 61.7 Å². The predicted octanol–water partition coefficient (Wildman–Crippen LogP) is 2.95. The van der Waals surface area contributed by atoms with E-state index in [9.17, 15) is 13.6 Å². The van der Waals surface area contributed by atoms with Crippen molar-refractivity contribution in [2.24, 2.45) is 0 Å². The van der Waals surface area contributed by atoms with E-state index >= 15 is 0 Å². The maximum Gasteiger partial charge on any atom is 0.348 e. The molecule has 100 valence electrons. The lowest BCUT2D eigenvalue weighted by Gasteiger charge is -2.12. The standard InChI is InChI=1S/C13H11BrF2N2O/c1-7-12(14)8(2)18(13(19)17-7)6-9-5-10(15)3-4-11(9)16/h3-5H,6H2,1-2H3. The Morgan fingerprint density at radius 1 is 1.32 bits per heavy atom. The van der Waals surface area contributed by atoms with Crippen LogP contribution < -0.4 is 5.69 Å². The normalized spacial score (nSPS) is 10.8. The maximum absolute atomic E-state index is 13.6. The first-order chi connectivity index (χ1) is 8.90. The first-order valence-electron chi connectivity index (χ1n) is 5.57. The molecule has 0 aliphatic carbocycles. The number of hydrogen-bond acceptors (Lipinski definition) is 2. The van der Waals surface area contributed by atoms with Crippen LogP contribution in [0.2, 0.25) is 0 Å². The molecule has 1 heterocycles. The summed E-state index contributed by atoms with van der Waals surface area (Å²) in [6, 6.07) is 3.16. The van der Waals surface area contributed by atoms with E-state index in [2.05, 4.69) is 20.9 Å². The van der Waals surface area contributed by atoms with Crippen molar-refractivity contribution in [3.8, 4) is 0 Å². The number of halogens is 3. The minimum absolute atomic E-state index is 0.0554. The molecule has 0 aliphatic rings. The van der Waals surface area contributed by atoms with E-state index in [4.69, 9.17) is 0 Å². The fraction of sp³-hybridized carbons (Fsp3) is 0.231. The molecule has 2 aromatic rings. The molecule has 0 atom stereocenters. The van der Waals surface area contributed by atoms with Gasteiger partial charge in [0.25, 0.3) is 0 Å². The fourth-order valence-electron chi connectivity index (χ4n) is 1.80. The smallest absolute Gasteiger partial charge is 0.291 e. The topological polar surface area (TPSA) is 34.9 Å². The Morgan fingerprint density at radius 2 is 2.00 bits per heavy atom. The van der Waals surface area contributed by atoms with E-state index in [0.29, 0.717) is 15.9 Å². The first-order valence-corrected chi connectivity index (χ1v) is 6.37. The average Bonchev–Trinajstić information content (AvgIpc) is 2.36. The van der Waals surface area contributed by atoms with Crippen LogP contribution in [0, 0.1) is 25.5 Å². The largest absolute Gasteiger partial charge is 0.348 e. The summed E-state index contributed by atoms with van der Waals surface area (Å²) >= 11 is 3.32. The number of rotatable bonds is 2. The van der Waals surface area contributed by atoms with E-state index < -0.39 is 17.3 Å². The number of hydrogen-bond donors (Lipinski definition) is 0. The lowest BCUT2D eigenvalue weighted by Crippen LogP contribution is -2.27. The summed E-state index contributed by atoms with van der Waals surface area (Å²) in [6.45, 7) is 3.36. The molecule has 0 saturated heterocycles. The van der Waals surface area contributed by atoms with Gasteiger partial charge in [-0.1, -0.05) is 0 Å². The maximum atomic E-state index is 13.6. The van der Waals surface area contributed by atoms with E-state index in [1.54, 1.807) is 13.8 Å². The fourth-order valence-corrected chi connectivity index (χ4v) is 2.10. The summed E-state index contributed by atoms with van der Waals surface area (Å²) in [5.41, 5.74) is 0.823. The number of aryl methyl sites for hydroxylation is 1. The Bertz CT molecular complexity index is 698. The first kappa shape index (κ1) is 13.9. The number of benzene rings is 1. The Balaban J connectivity index is 2.53. The Labute approximate surface area is 117 Å². The van der Waals surface area contributed by atoms with Crippen LogP contribution >= 0.6 is 15.9 Å². The third-order valence-corrected chi connectivity index (χ3v) is 4.02. The molecule has 0 radical (unpaired) electrons. The van der Waals surface area contributed by atoms with Gasteiger partial charge in [0.05, 0.1) is 16.7 Å². The second-order valence-corrected chi connectivity index (χ2v) is 4.99. The Hall–Kier alpha value is -1.56. The molecule has 6 heteroatoms. The van der Waals surface area contributed by atoms with Crippen LogP contribution in [0.5, 0.6) is 0 Å². The summed E-state index contributed by atoms with van der Waals surface area (Å²) in [6.07, 6.45) is 0. The predicted molar refractivity (Wildman–Crippen MR) is 71.1 cm³/mol. The zero-order valence-electron chi connectivity index (χ0n) is 10.4. The van der Waals surface area contributed by atoms with Gasteiger partial charge in [0.15, 0.2) is 0 Å². The number of aromatic nitrogens is 2. The second-order valence-electron chi connectivity index (χ2n) is 4.20. The zero-order chi connectivity index (χ0) is 14.2. The van der Waals surface area contributed by atoms with Crippen molar-refractivity contribution in [1.29, 1.82) is 0 Å². The number of nitrogens with zero attached hydrogens (tertiary/aromatic N) is 2. The van der Waals surface area contributed by atoms with Crippen LogP contribution in [-0.2, 0) is 6.54 Å². The van der Waals surface area contributed by atoms with Crippen LogP contribution in [0.15, 0.2) is 27.5 Å². The second kappa shape index (κ2) is 5.21. The molecule has 0 amide bonds. The summed E-state index contributed by atoms with van der Waals surface area (Å²) in [7, 11) is 0. The summed E-state index contributed by atoms with van der Waals surface area (Å²) in [5.74, 6) is -1.09. The molecule has 3 nitrogen and oxygen atoms in total. The SMILES string of the molecule is Cc1nc(=O)n(Cc2cc(F)ccc2F)c(C)c1Br. The van der Waals surface area contributed by atoms with Crippen molar-refractivity contribution in [2.75, 3.05) is 0 Å². The highest BCUT2D eigenvalue weighted by Crippen LogP contribution is 2.18. The molecule has 0 spiro atoms. The summed E-state index contributed by atoms with van der Waals surface area (Å²) in [4.78, 5) is 15.7. The molecule has 0 unspecified atom stereocenters. The molecule has 1 aromatic heterocycles. The molecule has 0 aliphatic heterocycles. The highest BCUT2D eigenvalue weighted by Gasteiger charge is 2.12. The van der Waals surface area contributed by atoms with Crippen LogP contribution in [0.3, 0.4) is 0 Å². The van der Waals surface area contributed by atoms with Gasteiger partial charge >= 0.3 is 5.69 Å². The minimum atomic E-state index is -0.551. The van der Waals surface area contributed by atoms with Crippen LogP contribution in [0.1, 0.15) is 17.0 Å². The average molecular weight is 329 g/mol. The van der Waals surface area contributed by atoms with Gasteiger partial charge in [-0.05, 0) is 48.0 Å². The van der Waals surface area contributed by atoms with Crippen LogP contribution in [0.25, 0.3) is 0 Å². The molecular formula is C13H11BrF2N2O. The highest BCUT2D eigenvalue weighted by molar-refractivity contribution is 9.10.